The van der Waals surface area contributed by atoms with E-state index >= 15 is 0 Å². The third kappa shape index (κ3) is 1.21. The van der Waals surface area contributed by atoms with Gasteiger partial charge in [0.1, 0.15) is 0 Å². The summed E-state index contributed by atoms with van der Waals surface area (Å²) in [6.07, 6.45) is 14.6. The first kappa shape index (κ1) is 9.87. The van der Waals surface area contributed by atoms with Gasteiger partial charge in [0.15, 0.2) is 0 Å². The molecule has 0 aromatic carbocycles. The van der Waals surface area contributed by atoms with Gasteiger partial charge in [0.25, 0.3) is 0 Å². The Balaban J connectivity index is 1.43. The van der Waals surface area contributed by atoms with E-state index in [1.54, 1.807) is 57.8 Å². The van der Waals surface area contributed by atoms with Crippen molar-refractivity contribution in [3.8, 4) is 0 Å². The molecule has 5 aliphatic rings. The fourth-order valence-electron chi connectivity index (χ4n) is 7.44. The van der Waals surface area contributed by atoms with Gasteiger partial charge in [-0.2, -0.15) is 0 Å². The number of hydrogen-bond acceptors (Lipinski definition) is 0. The molecule has 0 spiro atoms. The van der Waals surface area contributed by atoms with Crippen LogP contribution in [0.15, 0.2) is 0 Å². The Kier molecular flexibility index (Phi) is 1.92. The number of fused-ring (bicyclic) bond motifs is 2. The molecule has 0 aromatic rings. The summed E-state index contributed by atoms with van der Waals surface area (Å²) in [6.45, 7) is 0. The largest absolute Gasteiger partial charge is 0.0502 e. The second-order valence-corrected chi connectivity index (χ2v) is 8.15. The first-order valence-electron chi connectivity index (χ1n) is 8.40. The van der Waals surface area contributed by atoms with Crippen molar-refractivity contribution in [2.24, 2.45) is 47.3 Å². The van der Waals surface area contributed by atoms with E-state index in [1.807, 2.05) is 0 Å². The summed E-state index contributed by atoms with van der Waals surface area (Å²) in [5.41, 5.74) is 0. The van der Waals surface area contributed by atoms with Gasteiger partial charge in [0.05, 0.1) is 0 Å². The van der Waals surface area contributed by atoms with E-state index in [4.69, 9.17) is 0 Å². The normalized spacial score (nSPS) is 63.5. The quantitative estimate of drug-likeness (QED) is 0.622. The summed E-state index contributed by atoms with van der Waals surface area (Å²) in [4.78, 5) is 0. The number of hydrogen-bond donors (Lipinski definition) is 0. The van der Waals surface area contributed by atoms with Gasteiger partial charge >= 0.3 is 0 Å². The van der Waals surface area contributed by atoms with E-state index in [0.29, 0.717) is 0 Å². The average Bonchev–Trinajstić information content (AvgIpc) is 3.10. The third-order valence-corrected chi connectivity index (χ3v) is 7.83. The first-order valence-corrected chi connectivity index (χ1v) is 8.40. The highest BCUT2D eigenvalue weighted by Crippen LogP contribution is 2.65. The van der Waals surface area contributed by atoms with Crippen LogP contribution in [0.2, 0.25) is 0 Å². The van der Waals surface area contributed by atoms with Crippen molar-refractivity contribution in [1.82, 2.24) is 0 Å². The molecule has 5 rings (SSSR count). The summed E-state index contributed by atoms with van der Waals surface area (Å²) in [5.74, 6) is 9.56. The lowest BCUT2D eigenvalue weighted by atomic mass is 9.73. The predicted molar refractivity (Wildman–Crippen MR) is 69.5 cm³/mol. The molecule has 0 amide bonds. The van der Waals surface area contributed by atoms with Crippen LogP contribution in [0, 0.1) is 47.3 Å². The van der Waals surface area contributed by atoms with E-state index in [2.05, 4.69) is 0 Å². The molecule has 2 bridgehead atoms. The molecule has 5 aliphatic carbocycles. The molecule has 17 heavy (non-hydrogen) atoms. The van der Waals surface area contributed by atoms with Crippen molar-refractivity contribution in [3.63, 3.8) is 0 Å². The summed E-state index contributed by atoms with van der Waals surface area (Å²) < 4.78 is 0. The van der Waals surface area contributed by atoms with Gasteiger partial charge in [-0.05, 0) is 98.7 Å². The second kappa shape index (κ2) is 3.31. The molecule has 0 nitrogen and oxygen atoms in total. The Hall–Kier alpha value is 0. The Morgan fingerprint density at radius 2 is 1.29 bits per heavy atom. The maximum Gasteiger partial charge on any atom is -0.0326 e. The molecule has 8 unspecified atom stereocenters. The van der Waals surface area contributed by atoms with Crippen molar-refractivity contribution >= 4 is 0 Å². The lowest BCUT2D eigenvalue weighted by Gasteiger charge is -2.32. The van der Waals surface area contributed by atoms with Crippen LogP contribution in [0.25, 0.3) is 0 Å². The van der Waals surface area contributed by atoms with Crippen LogP contribution in [0.1, 0.15) is 57.8 Å². The minimum absolute atomic E-state index is 1.17. The van der Waals surface area contributed by atoms with Crippen LogP contribution in [-0.2, 0) is 0 Å². The Labute approximate surface area is 106 Å². The number of rotatable bonds is 1. The minimum atomic E-state index is 1.17. The zero-order chi connectivity index (χ0) is 11.0. The van der Waals surface area contributed by atoms with Crippen molar-refractivity contribution in [2.45, 2.75) is 57.8 Å². The van der Waals surface area contributed by atoms with Crippen LogP contribution in [0.3, 0.4) is 0 Å². The molecule has 0 heteroatoms. The van der Waals surface area contributed by atoms with Gasteiger partial charge in [-0.3, -0.25) is 0 Å². The minimum Gasteiger partial charge on any atom is -0.0502 e. The summed E-state index contributed by atoms with van der Waals surface area (Å²) in [7, 11) is 0. The van der Waals surface area contributed by atoms with Gasteiger partial charge in [-0.1, -0.05) is 6.42 Å². The lowest BCUT2D eigenvalue weighted by Crippen LogP contribution is -2.24. The molecule has 0 heterocycles. The van der Waals surface area contributed by atoms with Crippen LogP contribution in [-0.4, -0.2) is 0 Å². The average molecular weight is 230 g/mol. The Morgan fingerprint density at radius 3 is 2.12 bits per heavy atom. The Bertz CT molecular complexity index is 331. The van der Waals surface area contributed by atoms with Gasteiger partial charge in [0, 0.05) is 0 Å². The van der Waals surface area contributed by atoms with E-state index < -0.39 is 0 Å². The van der Waals surface area contributed by atoms with Crippen LogP contribution in [0.5, 0.6) is 0 Å². The van der Waals surface area contributed by atoms with Crippen molar-refractivity contribution in [2.75, 3.05) is 0 Å². The van der Waals surface area contributed by atoms with Crippen LogP contribution in [0.4, 0.5) is 0 Å². The fraction of sp³-hybridized carbons (Fsp3) is 1.00. The van der Waals surface area contributed by atoms with E-state index in [1.165, 1.54) is 47.3 Å². The first-order chi connectivity index (χ1) is 8.40. The third-order valence-electron chi connectivity index (χ3n) is 7.83. The van der Waals surface area contributed by atoms with Gasteiger partial charge in [-0.15, -0.1) is 0 Å². The highest BCUT2D eigenvalue weighted by atomic mass is 14.6. The lowest BCUT2D eigenvalue weighted by molar-refractivity contribution is 0.173. The summed E-state index contributed by atoms with van der Waals surface area (Å²) >= 11 is 0. The van der Waals surface area contributed by atoms with Gasteiger partial charge in [0.2, 0.25) is 0 Å². The van der Waals surface area contributed by atoms with E-state index in [0.717, 1.165) is 0 Å². The summed E-state index contributed by atoms with van der Waals surface area (Å²) in [5, 5.41) is 0. The zero-order valence-corrected chi connectivity index (χ0v) is 11.0. The van der Waals surface area contributed by atoms with Gasteiger partial charge < -0.3 is 0 Å². The predicted octanol–water partition coefficient (Wildman–Crippen LogP) is 4.49. The smallest absolute Gasteiger partial charge is 0.0326 e. The van der Waals surface area contributed by atoms with Crippen molar-refractivity contribution in [1.29, 1.82) is 0 Å². The van der Waals surface area contributed by atoms with E-state index in [9.17, 15) is 0 Å². The molecule has 5 fully saturated rings. The monoisotopic (exact) mass is 230 g/mol. The molecule has 5 saturated carbocycles. The van der Waals surface area contributed by atoms with Crippen molar-refractivity contribution < 1.29 is 0 Å². The molecule has 0 saturated heterocycles. The molecule has 94 valence electrons. The molecular weight excluding hydrogens is 204 g/mol. The standard InChI is InChI=1S/C17H26/c1-2-12-7-10(1)8-15(12)16-9-13-4-3-11-5-6-14(16)17(11)13/h10-17H,1-9H2. The topological polar surface area (TPSA) is 0 Å². The summed E-state index contributed by atoms with van der Waals surface area (Å²) in [6, 6.07) is 0. The molecular formula is C17H26. The molecule has 0 N–H and O–H groups in total. The fourth-order valence-corrected chi connectivity index (χ4v) is 7.44. The molecule has 0 aliphatic heterocycles. The highest BCUT2D eigenvalue weighted by molar-refractivity contribution is 5.06. The highest BCUT2D eigenvalue weighted by Gasteiger charge is 2.57. The van der Waals surface area contributed by atoms with Crippen LogP contribution >= 0.6 is 0 Å². The second-order valence-electron chi connectivity index (χ2n) is 8.15. The van der Waals surface area contributed by atoms with Crippen molar-refractivity contribution in [3.05, 3.63) is 0 Å². The van der Waals surface area contributed by atoms with Gasteiger partial charge in [-0.25, -0.2) is 0 Å². The zero-order valence-electron chi connectivity index (χ0n) is 11.0. The molecule has 0 radical (unpaired) electrons. The molecule has 0 aromatic heterocycles. The Morgan fingerprint density at radius 1 is 0.471 bits per heavy atom. The molecule has 8 atom stereocenters. The SMILES string of the molecule is C1CC2CC1CC2C1CC2CCC3CCC1C32. The van der Waals surface area contributed by atoms with E-state index in [-0.39, 0.29) is 0 Å². The maximum absolute atomic E-state index is 1.67. The van der Waals surface area contributed by atoms with Crippen LogP contribution < -0.4 is 0 Å². The maximum atomic E-state index is 1.67.